The first kappa shape index (κ1) is 14.8. The van der Waals surface area contributed by atoms with Gasteiger partial charge in [0.25, 0.3) is 0 Å². The number of hydrogen-bond donors (Lipinski definition) is 1. The van der Waals surface area contributed by atoms with Crippen LogP contribution in [0.2, 0.25) is 0 Å². The summed E-state index contributed by atoms with van der Waals surface area (Å²) in [7, 11) is 0. The zero-order chi connectivity index (χ0) is 16.4. The van der Waals surface area contributed by atoms with E-state index >= 15 is 0 Å². The number of aromatic hydroxyl groups is 1. The van der Waals surface area contributed by atoms with E-state index in [0.717, 1.165) is 22.9 Å². The van der Waals surface area contributed by atoms with Gasteiger partial charge in [0, 0.05) is 40.3 Å². The fraction of sp³-hybridized carbons (Fsp3) is 0.100. The van der Waals surface area contributed by atoms with E-state index in [1.54, 1.807) is 23.7 Å². The fourth-order valence-corrected chi connectivity index (χ4v) is 3.88. The van der Waals surface area contributed by atoms with E-state index in [0.29, 0.717) is 5.52 Å². The number of nitrogens with zero attached hydrogens (tertiary/aromatic N) is 2. The number of benzene rings is 1. The molecule has 4 aromatic rings. The molecule has 0 aliphatic carbocycles. The highest BCUT2D eigenvalue weighted by atomic mass is 32.1. The molecular weight excluding hydrogens is 316 g/mol. The van der Waals surface area contributed by atoms with Crippen molar-refractivity contribution in [3.63, 3.8) is 0 Å². The van der Waals surface area contributed by atoms with E-state index in [9.17, 15) is 5.11 Å². The van der Waals surface area contributed by atoms with Crippen molar-refractivity contribution in [2.75, 3.05) is 0 Å². The molecular formula is C20H16N2OS. The highest BCUT2D eigenvalue weighted by Gasteiger charge is 2.21. The van der Waals surface area contributed by atoms with Gasteiger partial charge in [-0.05, 0) is 35.6 Å². The first-order valence-corrected chi connectivity index (χ1v) is 8.70. The van der Waals surface area contributed by atoms with Crippen LogP contribution in [-0.2, 0) is 6.42 Å². The molecule has 0 aliphatic heterocycles. The number of phenols is 1. The van der Waals surface area contributed by atoms with Gasteiger partial charge >= 0.3 is 0 Å². The summed E-state index contributed by atoms with van der Waals surface area (Å²) >= 11 is 1.71. The number of phenolic OH excluding ortho intramolecular Hbond substituents is 1. The zero-order valence-electron chi connectivity index (χ0n) is 13.0. The average molecular weight is 332 g/mol. The minimum absolute atomic E-state index is 0.0839. The van der Waals surface area contributed by atoms with Gasteiger partial charge in [0.2, 0.25) is 0 Å². The number of thiophene rings is 1. The van der Waals surface area contributed by atoms with E-state index in [-0.39, 0.29) is 11.7 Å². The van der Waals surface area contributed by atoms with Crippen LogP contribution in [0.25, 0.3) is 10.9 Å². The number of rotatable bonds is 4. The van der Waals surface area contributed by atoms with Crippen molar-refractivity contribution in [1.82, 2.24) is 9.97 Å². The molecule has 3 heterocycles. The molecule has 0 spiro atoms. The quantitative estimate of drug-likeness (QED) is 0.585. The summed E-state index contributed by atoms with van der Waals surface area (Å²) in [5.74, 6) is 0.357. The molecule has 0 fully saturated rings. The number of hydrogen-bond acceptors (Lipinski definition) is 4. The molecule has 1 unspecified atom stereocenters. The van der Waals surface area contributed by atoms with Gasteiger partial charge in [0.15, 0.2) is 0 Å². The molecule has 3 aromatic heterocycles. The molecule has 24 heavy (non-hydrogen) atoms. The molecule has 0 saturated heterocycles. The second kappa shape index (κ2) is 6.42. The Balaban J connectivity index is 1.83. The monoisotopic (exact) mass is 332 g/mol. The lowest BCUT2D eigenvalue weighted by atomic mass is 9.89. The Hall–Kier alpha value is -2.72. The van der Waals surface area contributed by atoms with Gasteiger partial charge in [-0.25, -0.2) is 0 Å². The second-order valence-corrected chi connectivity index (χ2v) is 6.69. The van der Waals surface area contributed by atoms with Crippen molar-refractivity contribution in [3.05, 3.63) is 88.5 Å². The highest BCUT2D eigenvalue weighted by Crippen LogP contribution is 2.39. The van der Waals surface area contributed by atoms with Crippen molar-refractivity contribution in [1.29, 1.82) is 0 Å². The first-order chi connectivity index (χ1) is 11.8. The highest BCUT2D eigenvalue weighted by molar-refractivity contribution is 7.10. The van der Waals surface area contributed by atoms with Crippen LogP contribution < -0.4 is 0 Å². The molecule has 118 valence electrons. The third-order valence-electron chi connectivity index (χ3n) is 4.20. The maximum absolute atomic E-state index is 10.8. The predicted octanol–water partition coefficient (Wildman–Crippen LogP) is 4.77. The van der Waals surface area contributed by atoms with Crippen LogP contribution in [0, 0.1) is 0 Å². The van der Waals surface area contributed by atoms with E-state index in [2.05, 4.69) is 27.5 Å². The van der Waals surface area contributed by atoms with Crippen LogP contribution in [0.15, 0.2) is 72.5 Å². The molecule has 0 saturated carbocycles. The topological polar surface area (TPSA) is 46.0 Å². The maximum atomic E-state index is 10.8. The third kappa shape index (κ3) is 2.76. The van der Waals surface area contributed by atoms with Crippen LogP contribution in [0.3, 0.4) is 0 Å². The van der Waals surface area contributed by atoms with Crippen molar-refractivity contribution in [2.24, 2.45) is 0 Å². The van der Waals surface area contributed by atoms with Crippen LogP contribution in [0.4, 0.5) is 0 Å². The minimum atomic E-state index is 0.0839. The summed E-state index contributed by atoms with van der Waals surface area (Å²) in [6.07, 6.45) is 6.17. The molecule has 0 aliphatic rings. The van der Waals surface area contributed by atoms with Crippen molar-refractivity contribution >= 4 is 22.2 Å². The standard InChI is InChI=1S/C20H16N2OS/c23-20-16(8-7-15-5-2-10-22-19(15)20)17(18-6-3-11-24-18)12-14-4-1-9-21-13-14/h1-11,13,17,23H,12H2. The Morgan fingerprint density at radius 1 is 1.00 bits per heavy atom. The van der Waals surface area contributed by atoms with E-state index in [1.807, 2.05) is 42.6 Å². The Morgan fingerprint density at radius 2 is 1.92 bits per heavy atom. The molecule has 1 N–H and O–H groups in total. The summed E-state index contributed by atoms with van der Waals surface area (Å²) in [5, 5.41) is 13.8. The van der Waals surface area contributed by atoms with E-state index < -0.39 is 0 Å². The fourth-order valence-electron chi connectivity index (χ4n) is 3.03. The third-order valence-corrected chi connectivity index (χ3v) is 5.19. The molecule has 0 bridgehead atoms. The largest absolute Gasteiger partial charge is 0.505 e. The Morgan fingerprint density at radius 3 is 2.71 bits per heavy atom. The van der Waals surface area contributed by atoms with Crippen molar-refractivity contribution in [2.45, 2.75) is 12.3 Å². The first-order valence-electron chi connectivity index (χ1n) is 7.82. The number of fused-ring (bicyclic) bond motifs is 1. The van der Waals surface area contributed by atoms with Crippen LogP contribution in [0.1, 0.15) is 21.9 Å². The number of aromatic nitrogens is 2. The predicted molar refractivity (Wildman–Crippen MR) is 97.5 cm³/mol. The normalized spacial score (nSPS) is 12.3. The molecule has 4 rings (SSSR count). The van der Waals surface area contributed by atoms with Gasteiger partial charge in [-0.1, -0.05) is 30.3 Å². The Labute approximate surface area is 144 Å². The summed E-state index contributed by atoms with van der Waals surface area (Å²) in [4.78, 5) is 9.79. The van der Waals surface area contributed by atoms with Gasteiger partial charge in [-0.15, -0.1) is 11.3 Å². The molecule has 0 radical (unpaired) electrons. The van der Waals surface area contributed by atoms with E-state index in [4.69, 9.17) is 0 Å². The zero-order valence-corrected chi connectivity index (χ0v) is 13.8. The SMILES string of the molecule is Oc1c(C(Cc2cccnc2)c2cccs2)ccc2cccnc12. The van der Waals surface area contributed by atoms with Gasteiger partial charge in [0.05, 0.1) is 0 Å². The molecule has 0 amide bonds. The van der Waals surface area contributed by atoms with Gasteiger partial charge in [-0.3, -0.25) is 9.97 Å². The van der Waals surface area contributed by atoms with Crippen LogP contribution in [-0.4, -0.2) is 15.1 Å². The summed E-state index contributed by atoms with van der Waals surface area (Å²) in [6, 6.07) is 16.1. The molecule has 3 nitrogen and oxygen atoms in total. The minimum Gasteiger partial charge on any atom is -0.505 e. The lowest BCUT2D eigenvalue weighted by Crippen LogP contribution is -2.04. The number of pyridine rings is 2. The van der Waals surface area contributed by atoms with Crippen LogP contribution >= 0.6 is 11.3 Å². The summed E-state index contributed by atoms with van der Waals surface area (Å²) < 4.78 is 0. The van der Waals surface area contributed by atoms with Gasteiger partial charge < -0.3 is 5.11 Å². The van der Waals surface area contributed by atoms with Crippen molar-refractivity contribution in [3.8, 4) is 5.75 Å². The van der Waals surface area contributed by atoms with Gasteiger partial charge in [-0.2, -0.15) is 0 Å². The lowest BCUT2D eigenvalue weighted by molar-refractivity contribution is 0.470. The average Bonchev–Trinajstić information content (AvgIpc) is 3.16. The molecule has 1 aromatic carbocycles. The van der Waals surface area contributed by atoms with Gasteiger partial charge in [0.1, 0.15) is 11.3 Å². The Bertz CT molecular complexity index is 952. The smallest absolute Gasteiger partial charge is 0.145 e. The van der Waals surface area contributed by atoms with E-state index in [1.165, 1.54) is 4.88 Å². The molecule has 1 atom stereocenters. The lowest BCUT2D eigenvalue weighted by Gasteiger charge is -2.18. The van der Waals surface area contributed by atoms with Crippen molar-refractivity contribution < 1.29 is 5.11 Å². The summed E-state index contributed by atoms with van der Waals surface area (Å²) in [5.41, 5.74) is 2.71. The Kier molecular flexibility index (Phi) is 3.97. The second-order valence-electron chi connectivity index (χ2n) is 5.71. The maximum Gasteiger partial charge on any atom is 0.145 e. The molecule has 4 heteroatoms. The summed E-state index contributed by atoms with van der Waals surface area (Å²) in [6.45, 7) is 0. The van der Waals surface area contributed by atoms with Crippen LogP contribution in [0.5, 0.6) is 5.75 Å².